The van der Waals surface area contributed by atoms with Crippen molar-refractivity contribution >= 4 is 5.78 Å². The van der Waals surface area contributed by atoms with E-state index in [1.807, 2.05) is 13.8 Å². The third-order valence-corrected chi connectivity index (χ3v) is 3.92. The SMILES string of the molecule is CC(C)=C1C/C=C(\C)CCCC2(C)OC2C1=O. The van der Waals surface area contributed by atoms with Crippen LogP contribution >= 0.6 is 0 Å². The maximum atomic E-state index is 12.3. The van der Waals surface area contributed by atoms with Gasteiger partial charge in [-0.1, -0.05) is 17.2 Å². The number of carbonyl (C=O) groups is 1. The van der Waals surface area contributed by atoms with Crippen molar-refractivity contribution < 1.29 is 9.53 Å². The average molecular weight is 234 g/mol. The lowest BCUT2D eigenvalue weighted by Gasteiger charge is -2.11. The molecule has 0 aromatic heterocycles. The Kier molecular flexibility index (Phi) is 3.26. The molecule has 1 fully saturated rings. The molecule has 17 heavy (non-hydrogen) atoms. The van der Waals surface area contributed by atoms with Gasteiger partial charge in [0.25, 0.3) is 0 Å². The summed E-state index contributed by atoms with van der Waals surface area (Å²) in [4.78, 5) is 12.3. The van der Waals surface area contributed by atoms with Crippen LogP contribution in [0.1, 0.15) is 53.4 Å². The number of fused-ring (bicyclic) bond motifs is 1. The fraction of sp³-hybridized carbons (Fsp3) is 0.667. The summed E-state index contributed by atoms with van der Waals surface area (Å²) < 4.78 is 5.66. The predicted octanol–water partition coefficient (Wildman–Crippen LogP) is 3.57. The van der Waals surface area contributed by atoms with Crippen molar-refractivity contribution in [3.8, 4) is 0 Å². The quantitative estimate of drug-likeness (QED) is 0.364. The Balaban J connectivity index is 2.28. The molecule has 0 spiro atoms. The molecule has 2 rings (SSSR count). The Labute approximate surface area is 104 Å². The molecule has 2 nitrogen and oxygen atoms in total. The van der Waals surface area contributed by atoms with Crippen LogP contribution in [0.25, 0.3) is 0 Å². The first-order valence-corrected chi connectivity index (χ1v) is 6.48. The van der Waals surface area contributed by atoms with Crippen LogP contribution < -0.4 is 0 Å². The van der Waals surface area contributed by atoms with Gasteiger partial charge in [0, 0.05) is 5.57 Å². The van der Waals surface area contributed by atoms with Gasteiger partial charge in [0.15, 0.2) is 5.78 Å². The van der Waals surface area contributed by atoms with Crippen LogP contribution in [0.5, 0.6) is 0 Å². The van der Waals surface area contributed by atoms with Crippen LogP contribution in [0.3, 0.4) is 0 Å². The van der Waals surface area contributed by atoms with Crippen LogP contribution in [-0.2, 0) is 9.53 Å². The summed E-state index contributed by atoms with van der Waals surface area (Å²) in [5.74, 6) is 0.207. The van der Waals surface area contributed by atoms with Crippen molar-refractivity contribution in [1.29, 1.82) is 0 Å². The topological polar surface area (TPSA) is 29.6 Å². The molecule has 1 heterocycles. The fourth-order valence-electron chi connectivity index (χ4n) is 2.56. The van der Waals surface area contributed by atoms with Crippen LogP contribution in [0.4, 0.5) is 0 Å². The van der Waals surface area contributed by atoms with Gasteiger partial charge in [-0.15, -0.1) is 0 Å². The average Bonchev–Trinajstić information content (AvgIpc) is 2.89. The first kappa shape index (κ1) is 12.6. The lowest BCUT2D eigenvalue weighted by atomic mass is 9.89. The molecule has 2 unspecified atom stereocenters. The van der Waals surface area contributed by atoms with Gasteiger partial charge in [-0.2, -0.15) is 0 Å². The zero-order valence-electron chi connectivity index (χ0n) is 11.3. The Morgan fingerprint density at radius 2 is 2.18 bits per heavy atom. The van der Waals surface area contributed by atoms with E-state index < -0.39 is 0 Å². The molecule has 94 valence electrons. The van der Waals surface area contributed by atoms with Gasteiger partial charge in [-0.25, -0.2) is 0 Å². The lowest BCUT2D eigenvalue weighted by Crippen LogP contribution is -2.20. The number of hydrogen-bond donors (Lipinski definition) is 0. The minimum atomic E-state index is -0.185. The summed E-state index contributed by atoms with van der Waals surface area (Å²) in [7, 11) is 0. The molecule has 1 aliphatic heterocycles. The first-order valence-electron chi connectivity index (χ1n) is 6.48. The molecule has 0 aromatic carbocycles. The van der Waals surface area contributed by atoms with Crippen molar-refractivity contribution in [2.24, 2.45) is 0 Å². The standard InChI is InChI=1S/C15H22O2/c1-10(2)12-8-7-11(3)6-5-9-15(4)14(17-15)13(12)16/h7,14H,5-6,8-9H2,1-4H3/b11-7+. The first-order chi connectivity index (χ1) is 7.94. The minimum absolute atomic E-state index is 0.181. The zero-order valence-corrected chi connectivity index (χ0v) is 11.3. The van der Waals surface area contributed by atoms with E-state index in [9.17, 15) is 4.79 Å². The van der Waals surface area contributed by atoms with Crippen molar-refractivity contribution in [2.75, 3.05) is 0 Å². The monoisotopic (exact) mass is 234 g/mol. The second kappa shape index (κ2) is 4.41. The number of hydrogen-bond acceptors (Lipinski definition) is 2. The Bertz CT molecular complexity index is 399. The summed E-state index contributed by atoms with van der Waals surface area (Å²) >= 11 is 0. The number of allylic oxidation sites excluding steroid dienone is 3. The molecule has 0 amide bonds. The van der Waals surface area contributed by atoms with Crippen molar-refractivity contribution in [2.45, 2.75) is 65.1 Å². The lowest BCUT2D eigenvalue weighted by molar-refractivity contribution is -0.116. The molecular weight excluding hydrogens is 212 g/mol. The number of rotatable bonds is 0. The number of carbonyl (C=O) groups excluding carboxylic acids is 1. The highest BCUT2D eigenvalue weighted by Crippen LogP contribution is 2.43. The smallest absolute Gasteiger partial charge is 0.190 e. The van der Waals surface area contributed by atoms with Crippen LogP contribution in [0, 0.1) is 0 Å². The van der Waals surface area contributed by atoms with Crippen molar-refractivity contribution in [3.05, 3.63) is 22.8 Å². The van der Waals surface area contributed by atoms with Gasteiger partial charge in [0.05, 0.1) is 0 Å². The number of ether oxygens (including phenoxy) is 1. The van der Waals surface area contributed by atoms with E-state index in [1.54, 1.807) is 0 Å². The molecule has 1 aliphatic carbocycles. The fourth-order valence-corrected chi connectivity index (χ4v) is 2.56. The summed E-state index contributed by atoms with van der Waals surface area (Å²) in [6, 6.07) is 0. The zero-order chi connectivity index (χ0) is 12.6. The van der Waals surface area contributed by atoms with Crippen LogP contribution in [-0.4, -0.2) is 17.5 Å². The second-order valence-corrected chi connectivity index (χ2v) is 5.76. The maximum Gasteiger partial charge on any atom is 0.190 e. The third-order valence-electron chi connectivity index (χ3n) is 3.92. The Morgan fingerprint density at radius 3 is 2.82 bits per heavy atom. The van der Waals surface area contributed by atoms with E-state index in [0.717, 1.165) is 36.8 Å². The highest BCUT2D eigenvalue weighted by molar-refractivity contribution is 6.02. The molecule has 0 N–H and O–H groups in total. The summed E-state index contributed by atoms with van der Waals surface area (Å²) in [5.41, 5.74) is 3.27. The normalized spacial score (nSPS) is 36.9. The molecular formula is C15H22O2. The molecule has 0 radical (unpaired) electrons. The minimum Gasteiger partial charge on any atom is -0.358 e. The van der Waals surface area contributed by atoms with Gasteiger partial charge in [-0.05, 0) is 53.4 Å². The summed E-state index contributed by atoms with van der Waals surface area (Å²) in [6.45, 7) is 8.25. The number of epoxide rings is 1. The van der Waals surface area contributed by atoms with Gasteiger partial charge < -0.3 is 4.74 Å². The molecule has 2 atom stereocenters. The van der Waals surface area contributed by atoms with Gasteiger partial charge in [-0.3, -0.25) is 4.79 Å². The number of ketones is 1. The van der Waals surface area contributed by atoms with Crippen LogP contribution in [0.2, 0.25) is 0 Å². The molecule has 0 bridgehead atoms. The molecule has 2 heteroatoms. The van der Waals surface area contributed by atoms with E-state index in [2.05, 4.69) is 19.9 Å². The van der Waals surface area contributed by atoms with E-state index in [4.69, 9.17) is 4.74 Å². The number of Topliss-reactive ketones (excluding diaryl/α,β-unsaturated/α-hetero) is 1. The maximum absolute atomic E-state index is 12.3. The summed E-state index contributed by atoms with van der Waals surface area (Å²) in [6.07, 6.45) is 6.01. The highest BCUT2D eigenvalue weighted by atomic mass is 16.6. The highest BCUT2D eigenvalue weighted by Gasteiger charge is 2.56. The molecule has 1 saturated heterocycles. The van der Waals surface area contributed by atoms with Gasteiger partial charge in [0.1, 0.15) is 11.7 Å². The van der Waals surface area contributed by atoms with E-state index >= 15 is 0 Å². The van der Waals surface area contributed by atoms with Crippen molar-refractivity contribution in [1.82, 2.24) is 0 Å². The Morgan fingerprint density at radius 1 is 1.47 bits per heavy atom. The predicted molar refractivity (Wildman–Crippen MR) is 68.9 cm³/mol. The Hall–Kier alpha value is -0.890. The van der Waals surface area contributed by atoms with Gasteiger partial charge in [0.2, 0.25) is 0 Å². The van der Waals surface area contributed by atoms with E-state index in [0.29, 0.717) is 0 Å². The van der Waals surface area contributed by atoms with E-state index in [1.165, 1.54) is 5.57 Å². The van der Waals surface area contributed by atoms with Crippen molar-refractivity contribution in [3.63, 3.8) is 0 Å². The molecule has 2 aliphatic rings. The molecule has 0 aromatic rings. The summed E-state index contributed by atoms with van der Waals surface area (Å²) in [5, 5.41) is 0. The molecule has 0 saturated carbocycles. The van der Waals surface area contributed by atoms with Crippen LogP contribution in [0.15, 0.2) is 22.8 Å². The second-order valence-electron chi connectivity index (χ2n) is 5.76. The van der Waals surface area contributed by atoms with Gasteiger partial charge >= 0.3 is 0 Å². The largest absolute Gasteiger partial charge is 0.358 e. The van der Waals surface area contributed by atoms with E-state index in [-0.39, 0.29) is 17.5 Å². The third kappa shape index (κ3) is 2.52.